The Balaban J connectivity index is 2.14. The number of carboxylic acids is 2. The predicted molar refractivity (Wildman–Crippen MR) is 197 cm³/mol. The average Bonchev–Trinajstić information content (AvgIpc) is 3.14. The summed E-state index contributed by atoms with van der Waals surface area (Å²) in [6.45, 7) is 0. The molecule has 268 valence electrons. The number of rotatable bonds is 14. The fourth-order valence-electron chi connectivity index (χ4n) is 5.59. The molecule has 0 fully saturated rings. The molecule has 5 rings (SSSR count). The van der Waals surface area contributed by atoms with E-state index in [1.54, 1.807) is 18.2 Å². The summed E-state index contributed by atoms with van der Waals surface area (Å²) in [5.74, 6) is -3.29. The number of carbonyl (C=O) groups is 2. The number of carbonyl (C=O) groups excluding carboxylic acids is 2. The Labute approximate surface area is 323 Å². The zero-order valence-corrected chi connectivity index (χ0v) is 34.6. The summed E-state index contributed by atoms with van der Waals surface area (Å²) in [5.41, 5.74) is -2.19. The molecule has 0 heterocycles. The quantitative estimate of drug-likeness (QED) is 0.116. The molecule has 0 bridgehead atoms. The average molecular weight is 1010 g/mol. The Morgan fingerprint density at radius 2 is 0.846 bits per heavy atom. The Hall–Kier alpha value is -4.50. The van der Waals surface area contributed by atoms with Gasteiger partial charge in [0.05, 0.1) is 0 Å². The van der Waals surface area contributed by atoms with Crippen molar-refractivity contribution < 1.29 is 50.1 Å². The molecule has 0 spiro atoms. The molecule has 52 heavy (non-hydrogen) atoms. The van der Waals surface area contributed by atoms with Crippen LogP contribution in [0.3, 0.4) is 0 Å². The van der Waals surface area contributed by atoms with Crippen molar-refractivity contribution in [2.24, 2.45) is 0 Å². The van der Waals surface area contributed by atoms with Gasteiger partial charge < -0.3 is 0 Å². The van der Waals surface area contributed by atoms with Crippen LogP contribution in [-0.4, -0.2) is 61.4 Å². The first-order valence-electron chi connectivity index (χ1n) is 14.8. The Bertz CT molecular complexity index is 2040. The molecule has 5 aromatic rings. The number of ether oxygens (including phenoxy) is 3. The SMILES string of the molecule is COc1ccc(Br)c[c]1[Sb]([O][N+](=O)c1ccccc1C(=O)[O-])([O][N+](=O)c1ccccc1C(=O)[O-])([c]1cc(Br)ccc1OC)[c]1cc(Br)ccc1OC. The number of para-hydroxylation sites is 2. The van der Waals surface area contributed by atoms with E-state index in [1.165, 1.54) is 94.1 Å². The second-order valence-electron chi connectivity index (χ2n) is 10.7. The van der Waals surface area contributed by atoms with Gasteiger partial charge in [0.1, 0.15) is 0 Å². The van der Waals surface area contributed by atoms with Crippen molar-refractivity contribution in [3.05, 3.63) is 137 Å². The van der Waals surface area contributed by atoms with Crippen LogP contribution in [0.15, 0.2) is 117 Å². The first-order chi connectivity index (χ1) is 24.8. The molecule has 0 unspecified atom stereocenters. The summed E-state index contributed by atoms with van der Waals surface area (Å²) in [6.07, 6.45) is 0. The molecule has 0 aliphatic rings. The van der Waals surface area contributed by atoms with Crippen LogP contribution < -0.4 is 35.0 Å². The van der Waals surface area contributed by atoms with Gasteiger partial charge in [-0.2, -0.15) is 0 Å². The molecule has 0 aromatic heterocycles. The first-order valence-corrected chi connectivity index (χ1v) is 23.1. The van der Waals surface area contributed by atoms with Crippen LogP contribution in [0.4, 0.5) is 11.4 Å². The fourth-order valence-corrected chi connectivity index (χ4v) is 22.2. The van der Waals surface area contributed by atoms with E-state index < -0.39 is 52.7 Å². The maximum absolute atomic E-state index is 14.8. The molecular weight excluding hydrogens is 986 g/mol. The fraction of sp³-hybridized carbons (Fsp3) is 0.0857. The van der Waals surface area contributed by atoms with Crippen molar-refractivity contribution in [1.29, 1.82) is 0 Å². The number of hydrogen-bond acceptors (Lipinski definition) is 11. The van der Waals surface area contributed by atoms with Crippen molar-refractivity contribution in [1.82, 2.24) is 0 Å². The van der Waals surface area contributed by atoms with E-state index in [9.17, 15) is 29.6 Å². The number of halogens is 3. The van der Waals surface area contributed by atoms with E-state index in [0.717, 1.165) is 12.1 Å². The summed E-state index contributed by atoms with van der Waals surface area (Å²) in [7, 11) is 4.02. The van der Waals surface area contributed by atoms with Gasteiger partial charge in [-0.1, -0.05) is 0 Å². The van der Waals surface area contributed by atoms with E-state index in [2.05, 4.69) is 47.8 Å². The molecule has 17 heteroatoms. The van der Waals surface area contributed by atoms with Gasteiger partial charge in [0.15, 0.2) is 0 Å². The van der Waals surface area contributed by atoms with Gasteiger partial charge in [0.25, 0.3) is 0 Å². The van der Waals surface area contributed by atoms with E-state index in [4.69, 9.17) is 20.4 Å². The van der Waals surface area contributed by atoms with Gasteiger partial charge in [-0.3, -0.25) is 0 Å². The maximum atomic E-state index is 14.8. The molecule has 0 radical (unpaired) electrons. The van der Waals surface area contributed by atoms with Gasteiger partial charge in [-0.15, -0.1) is 0 Å². The molecule has 0 saturated heterocycles. The molecule has 0 saturated carbocycles. The van der Waals surface area contributed by atoms with Crippen LogP contribution in [0.2, 0.25) is 0 Å². The predicted octanol–water partition coefficient (Wildman–Crippen LogP) is 4.23. The van der Waals surface area contributed by atoms with E-state index in [1.807, 2.05) is 0 Å². The summed E-state index contributed by atoms with van der Waals surface area (Å²) < 4.78 is 32.4. The number of carboxylic acid groups (broad SMARTS) is 2. The third-order valence-corrected chi connectivity index (χ3v) is 22.4. The molecule has 5 aromatic carbocycles. The number of nitrogens with zero attached hydrogens (tertiary/aromatic N) is 2. The van der Waals surface area contributed by atoms with Crippen molar-refractivity contribution in [3.8, 4) is 17.2 Å². The van der Waals surface area contributed by atoms with Crippen molar-refractivity contribution in [2.45, 2.75) is 0 Å². The van der Waals surface area contributed by atoms with Gasteiger partial charge >= 0.3 is 326 Å². The normalized spacial score (nSPS) is 11.8. The zero-order valence-electron chi connectivity index (χ0n) is 27.3. The van der Waals surface area contributed by atoms with Crippen LogP contribution >= 0.6 is 47.8 Å². The van der Waals surface area contributed by atoms with Gasteiger partial charge in [-0.05, 0) is 0 Å². The third kappa shape index (κ3) is 6.87. The molecule has 0 aliphatic carbocycles. The van der Waals surface area contributed by atoms with Crippen LogP contribution in [0.5, 0.6) is 17.2 Å². The molecular formula is C35H26Br3N2O11Sb. The second kappa shape index (κ2) is 15.6. The monoisotopic (exact) mass is 1010 g/mol. The molecule has 0 amide bonds. The minimum atomic E-state index is -7.45. The molecule has 0 aliphatic heterocycles. The van der Waals surface area contributed by atoms with Gasteiger partial charge in [0, 0.05) is 0 Å². The van der Waals surface area contributed by atoms with Crippen molar-refractivity contribution in [3.63, 3.8) is 0 Å². The van der Waals surface area contributed by atoms with Crippen LogP contribution in [0.25, 0.3) is 0 Å². The topological polar surface area (TPSA) is 167 Å². The minimum absolute atomic E-state index is 0.0176. The Morgan fingerprint density at radius 1 is 0.538 bits per heavy atom. The first kappa shape index (κ1) is 38.7. The van der Waals surface area contributed by atoms with E-state index in [-0.39, 0.29) is 37.6 Å². The van der Waals surface area contributed by atoms with Crippen molar-refractivity contribution >= 4 is 99.9 Å². The zero-order chi connectivity index (χ0) is 37.8. The van der Waals surface area contributed by atoms with Crippen LogP contribution in [0, 0.1) is 9.81 Å². The van der Waals surface area contributed by atoms with Crippen molar-refractivity contribution in [2.75, 3.05) is 21.3 Å². The van der Waals surface area contributed by atoms with Crippen LogP contribution in [0.1, 0.15) is 20.7 Å². The number of hydrogen-bond donors (Lipinski definition) is 0. The molecule has 0 N–H and O–H groups in total. The summed E-state index contributed by atoms with van der Waals surface area (Å²) in [6, 6.07) is 24.2. The summed E-state index contributed by atoms with van der Waals surface area (Å²) in [5, 5.41) is 24.7. The third-order valence-electron chi connectivity index (χ3n) is 7.84. The van der Waals surface area contributed by atoms with Gasteiger partial charge in [-0.25, -0.2) is 0 Å². The van der Waals surface area contributed by atoms with Crippen LogP contribution in [-0.2, 0) is 6.23 Å². The van der Waals surface area contributed by atoms with E-state index in [0.29, 0.717) is 13.4 Å². The van der Waals surface area contributed by atoms with Gasteiger partial charge in [0.2, 0.25) is 0 Å². The number of aromatic carboxylic acids is 2. The van der Waals surface area contributed by atoms with E-state index >= 15 is 0 Å². The Kier molecular flexibility index (Phi) is 11.6. The summed E-state index contributed by atoms with van der Waals surface area (Å²) >= 11 is 3.05. The number of benzene rings is 5. The Morgan fingerprint density at radius 3 is 1.13 bits per heavy atom. The molecule has 13 nitrogen and oxygen atoms in total. The second-order valence-corrected chi connectivity index (χ2v) is 24.0. The molecule has 0 atom stereocenters. The standard InChI is InChI=1S/3C7H6BrO.2C7H5NO4.Sb/c3*1-9-7-4-2-6(8)3-5-7;2*9-7(10)5-3-1-2-4-6(5)8(11)12;/h3*2-4H,1H3;2*1-4H,(H,9,10);/q;;;;;+2/p-2. The number of methoxy groups -OCH3 is 3. The summed E-state index contributed by atoms with van der Waals surface area (Å²) in [4.78, 5) is 54.2.